The Bertz CT molecular complexity index is 343. The molecule has 15 heavy (non-hydrogen) atoms. The van der Waals surface area contributed by atoms with E-state index in [4.69, 9.17) is 44.9 Å². The maximum Gasteiger partial charge on any atom is 0.265 e. The molecule has 0 aliphatic rings. The lowest BCUT2D eigenvalue weighted by Gasteiger charge is -2.13. The van der Waals surface area contributed by atoms with E-state index in [1.54, 1.807) is 0 Å². The molecule has 0 bridgehead atoms. The van der Waals surface area contributed by atoms with Gasteiger partial charge in [-0.15, -0.1) is 0 Å². The first-order valence-electron chi connectivity index (χ1n) is 4.23. The Labute approximate surface area is 104 Å². The summed E-state index contributed by atoms with van der Waals surface area (Å²) in [4.78, 5) is 0. The normalized spacial score (nSPS) is 11.2. The molecule has 0 atom stereocenters. The fourth-order valence-electron chi connectivity index (χ4n) is 0.922. The molecule has 1 aromatic carbocycles. The largest absolute Gasteiger partial charge is 0.473 e. The molecule has 1 N–H and O–H groups in total. The van der Waals surface area contributed by atoms with Crippen LogP contribution in [-0.4, -0.2) is 9.69 Å². The van der Waals surface area contributed by atoms with E-state index in [9.17, 15) is 0 Å². The summed E-state index contributed by atoms with van der Waals surface area (Å²) < 4.78 is 3.23. The lowest BCUT2D eigenvalue weighted by molar-refractivity contribution is 0.284. The van der Waals surface area contributed by atoms with Gasteiger partial charge in [-0.1, -0.05) is 64.6 Å². The summed E-state index contributed by atoms with van der Waals surface area (Å²) in [6, 6.07) is 7.72. The van der Waals surface area contributed by atoms with E-state index in [1.165, 1.54) is 0 Å². The third-order valence-electron chi connectivity index (χ3n) is 1.76. The fourth-order valence-corrected chi connectivity index (χ4v) is 1.09. The summed E-state index contributed by atoms with van der Waals surface area (Å²) in [6.07, 6.45) is 0. The molecule has 2 nitrogen and oxygen atoms in total. The van der Waals surface area contributed by atoms with Gasteiger partial charge in [0.25, 0.3) is 3.79 Å². The Morgan fingerprint density at radius 3 is 2.27 bits per heavy atom. The number of benzene rings is 1. The highest BCUT2D eigenvalue weighted by Gasteiger charge is 2.28. The lowest BCUT2D eigenvalue weighted by Crippen LogP contribution is -2.20. The molecule has 0 spiro atoms. The molecule has 0 unspecified atom stereocenters. The number of nitrogens with one attached hydrogen (secondary N) is 1. The standard InChI is InChI=1S/C10H10Cl3NO/c1-7-2-4-8(5-3-7)6-15-9(14)10(11,12)13/h2-5,14H,6H2,1H3. The molecule has 0 saturated carbocycles. The van der Waals surface area contributed by atoms with Gasteiger partial charge in [-0.05, 0) is 12.5 Å². The lowest BCUT2D eigenvalue weighted by atomic mass is 10.2. The number of hydrogen-bond donors (Lipinski definition) is 1. The second-order valence-corrected chi connectivity index (χ2v) is 5.38. The van der Waals surface area contributed by atoms with Crippen molar-refractivity contribution in [3.8, 4) is 0 Å². The van der Waals surface area contributed by atoms with Gasteiger partial charge in [-0.2, -0.15) is 0 Å². The number of hydrogen-bond acceptors (Lipinski definition) is 2. The van der Waals surface area contributed by atoms with Gasteiger partial charge >= 0.3 is 0 Å². The summed E-state index contributed by atoms with van der Waals surface area (Å²) >= 11 is 16.4. The van der Waals surface area contributed by atoms with Crippen LogP contribution in [0.4, 0.5) is 0 Å². The summed E-state index contributed by atoms with van der Waals surface area (Å²) in [5, 5.41) is 7.31. The van der Waals surface area contributed by atoms with Crippen molar-refractivity contribution in [3.05, 3.63) is 35.4 Å². The quantitative estimate of drug-likeness (QED) is 0.492. The van der Waals surface area contributed by atoms with Crippen molar-refractivity contribution >= 4 is 40.7 Å². The Morgan fingerprint density at radius 2 is 1.80 bits per heavy atom. The van der Waals surface area contributed by atoms with Gasteiger partial charge in [0.15, 0.2) is 0 Å². The zero-order valence-electron chi connectivity index (χ0n) is 8.06. The van der Waals surface area contributed by atoms with Crippen molar-refractivity contribution < 1.29 is 4.74 Å². The van der Waals surface area contributed by atoms with Crippen LogP contribution >= 0.6 is 34.8 Å². The molecule has 0 heterocycles. The molecular formula is C10H10Cl3NO. The van der Waals surface area contributed by atoms with Crippen LogP contribution in [0.5, 0.6) is 0 Å². The topological polar surface area (TPSA) is 33.1 Å². The van der Waals surface area contributed by atoms with Crippen LogP contribution < -0.4 is 0 Å². The van der Waals surface area contributed by atoms with Crippen LogP contribution in [0.15, 0.2) is 24.3 Å². The average molecular weight is 267 g/mol. The first-order valence-corrected chi connectivity index (χ1v) is 5.37. The van der Waals surface area contributed by atoms with Crippen molar-refractivity contribution in [1.29, 1.82) is 5.41 Å². The van der Waals surface area contributed by atoms with Gasteiger partial charge in [-0.3, -0.25) is 5.41 Å². The first-order chi connectivity index (χ1) is 6.89. The van der Waals surface area contributed by atoms with Crippen LogP contribution in [-0.2, 0) is 11.3 Å². The highest BCUT2D eigenvalue weighted by molar-refractivity contribution is 6.75. The molecule has 82 valence electrons. The van der Waals surface area contributed by atoms with Crippen LogP contribution in [0.1, 0.15) is 11.1 Å². The number of aryl methyl sites for hydroxylation is 1. The minimum atomic E-state index is -1.79. The van der Waals surface area contributed by atoms with E-state index in [0.29, 0.717) is 0 Å². The zero-order chi connectivity index (χ0) is 11.5. The van der Waals surface area contributed by atoms with Crippen LogP contribution in [0.3, 0.4) is 0 Å². The molecule has 0 saturated heterocycles. The molecule has 0 aliphatic heterocycles. The predicted octanol–water partition coefficient (Wildman–Crippen LogP) is 3.86. The van der Waals surface area contributed by atoms with E-state index < -0.39 is 3.79 Å². The molecule has 0 aliphatic carbocycles. The number of halogens is 3. The van der Waals surface area contributed by atoms with Crippen LogP contribution in [0.2, 0.25) is 0 Å². The highest BCUT2D eigenvalue weighted by Crippen LogP contribution is 2.28. The third kappa shape index (κ3) is 4.29. The maximum atomic E-state index is 7.31. The van der Waals surface area contributed by atoms with Gasteiger partial charge in [0.2, 0.25) is 5.90 Å². The third-order valence-corrected chi connectivity index (χ3v) is 2.28. The van der Waals surface area contributed by atoms with Crippen molar-refractivity contribution in [2.45, 2.75) is 17.3 Å². The Morgan fingerprint density at radius 1 is 1.27 bits per heavy atom. The monoisotopic (exact) mass is 265 g/mol. The van der Waals surface area contributed by atoms with Gasteiger partial charge < -0.3 is 4.74 Å². The Balaban J connectivity index is 2.51. The predicted molar refractivity (Wildman–Crippen MR) is 64.0 cm³/mol. The highest BCUT2D eigenvalue weighted by atomic mass is 35.6. The van der Waals surface area contributed by atoms with Crippen molar-refractivity contribution in [3.63, 3.8) is 0 Å². The van der Waals surface area contributed by atoms with Crippen molar-refractivity contribution in [2.75, 3.05) is 0 Å². The number of rotatable bonds is 2. The van der Waals surface area contributed by atoms with Gasteiger partial charge in [-0.25, -0.2) is 0 Å². The summed E-state index contributed by atoms with van der Waals surface area (Å²) in [7, 11) is 0. The van der Waals surface area contributed by atoms with E-state index in [1.807, 2.05) is 31.2 Å². The van der Waals surface area contributed by atoms with Crippen molar-refractivity contribution in [1.82, 2.24) is 0 Å². The van der Waals surface area contributed by atoms with E-state index in [0.717, 1.165) is 11.1 Å². The Hall–Kier alpha value is -0.440. The maximum absolute atomic E-state index is 7.31. The molecule has 0 amide bonds. The number of ether oxygens (including phenoxy) is 1. The fraction of sp³-hybridized carbons (Fsp3) is 0.300. The van der Waals surface area contributed by atoms with Crippen molar-refractivity contribution in [2.24, 2.45) is 0 Å². The minimum Gasteiger partial charge on any atom is -0.473 e. The molecule has 0 radical (unpaired) electrons. The summed E-state index contributed by atoms with van der Waals surface area (Å²) in [5.74, 6) is -0.368. The van der Waals surface area contributed by atoms with E-state index in [2.05, 4.69) is 0 Å². The molecule has 0 aromatic heterocycles. The second-order valence-electron chi connectivity index (χ2n) is 3.10. The molecular weight excluding hydrogens is 256 g/mol. The molecule has 0 fully saturated rings. The van der Waals surface area contributed by atoms with Gasteiger partial charge in [0, 0.05) is 0 Å². The van der Waals surface area contributed by atoms with E-state index >= 15 is 0 Å². The van der Waals surface area contributed by atoms with Crippen LogP contribution in [0.25, 0.3) is 0 Å². The second kappa shape index (κ2) is 5.06. The van der Waals surface area contributed by atoms with E-state index in [-0.39, 0.29) is 12.5 Å². The average Bonchev–Trinajstić information content (AvgIpc) is 2.15. The molecule has 5 heteroatoms. The Kier molecular flexibility index (Phi) is 4.26. The zero-order valence-corrected chi connectivity index (χ0v) is 10.3. The van der Waals surface area contributed by atoms with Crippen LogP contribution in [0, 0.1) is 12.3 Å². The van der Waals surface area contributed by atoms with Gasteiger partial charge in [0.05, 0.1) is 0 Å². The minimum absolute atomic E-state index is 0.229. The smallest absolute Gasteiger partial charge is 0.265 e. The SMILES string of the molecule is Cc1ccc(COC(=N)C(Cl)(Cl)Cl)cc1. The number of alkyl halides is 3. The molecule has 1 rings (SSSR count). The first kappa shape index (κ1) is 12.6. The van der Waals surface area contributed by atoms with Gasteiger partial charge in [0.1, 0.15) is 6.61 Å². The molecule has 1 aromatic rings. The summed E-state index contributed by atoms with van der Waals surface area (Å²) in [6.45, 7) is 2.22. The summed E-state index contributed by atoms with van der Waals surface area (Å²) in [5.41, 5.74) is 2.09.